The number of urea groups is 1. The second-order valence-electron chi connectivity index (χ2n) is 11.5. The largest absolute Gasteiger partial charge is 0.494 e. The van der Waals surface area contributed by atoms with E-state index in [2.05, 4.69) is 36.9 Å². The van der Waals surface area contributed by atoms with Gasteiger partial charge in [-0.15, -0.1) is 11.3 Å². The molecule has 13 heteroatoms. The Labute approximate surface area is 283 Å². The molecule has 0 radical (unpaired) electrons. The van der Waals surface area contributed by atoms with Gasteiger partial charge in [0.2, 0.25) is 0 Å². The highest BCUT2D eigenvalue weighted by Gasteiger charge is 2.26. The number of nitrogens with one attached hydrogen (secondary N) is 3. The number of hydrogen-bond acceptors (Lipinski definition) is 10. The third kappa shape index (κ3) is 7.06. The number of carbonyl (C=O) groups excluding carboxylic acids is 2. The van der Waals surface area contributed by atoms with Crippen LogP contribution in [0, 0.1) is 0 Å². The van der Waals surface area contributed by atoms with E-state index in [1.54, 1.807) is 32.3 Å². The maximum atomic E-state index is 13.2. The number of hydrogen-bond donors (Lipinski definition) is 3. The zero-order valence-electron chi connectivity index (χ0n) is 27.4. The van der Waals surface area contributed by atoms with Crippen LogP contribution in [0.5, 0.6) is 5.75 Å². The fourth-order valence-electron chi connectivity index (χ4n) is 5.78. The van der Waals surface area contributed by atoms with Crippen LogP contribution >= 0.6 is 11.3 Å². The van der Waals surface area contributed by atoms with Gasteiger partial charge in [-0.05, 0) is 43.8 Å². The van der Waals surface area contributed by atoms with E-state index in [9.17, 15) is 9.59 Å². The SMILES string of the molecule is COc1cc(N2CCOCC2)c(NC(=O)NCCc2cccs2)cc1Nc1c(-c2ncncc2C(=O)OC(C)C)c2ccccc2n1C. The molecule has 48 heavy (non-hydrogen) atoms. The molecule has 0 atom stereocenters. The third-order valence-corrected chi connectivity index (χ3v) is 8.96. The topological polar surface area (TPSA) is 132 Å². The molecular formula is C35H39N7O5S. The minimum Gasteiger partial charge on any atom is -0.494 e. The molecule has 1 fully saturated rings. The van der Waals surface area contributed by atoms with Crippen molar-refractivity contribution in [3.63, 3.8) is 0 Å². The van der Waals surface area contributed by atoms with Gasteiger partial charge in [-0.25, -0.2) is 19.6 Å². The molecule has 0 saturated carbocycles. The Morgan fingerprint density at radius 1 is 1.08 bits per heavy atom. The van der Waals surface area contributed by atoms with Crippen LogP contribution in [-0.2, 0) is 22.9 Å². The zero-order chi connectivity index (χ0) is 33.6. The first kappa shape index (κ1) is 32.8. The number of aryl methyl sites for hydroxylation is 1. The van der Waals surface area contributed by atoms with Gasteiger partial charge in [0.05, 0.1) is 60.3 Å². The fourth-order valence-corrected chi connectivity index (χ4v) is 6.49. The van der Waals surface area contributed by atoms with E-state index in [1.807, 2.05) is 59.5 Å². The van der Waals surface area contributed by atoms with E-state index in [0.29, 0.717) is 67.0 Å². The molecule has 1 aliphatic heterocycles. The van der Waals surface area contributed by atoms with Crippen LogP contribution in [0.25, 0.3) is 22.2 Å². The van der Waals surface area contributed by atoms with Crippen molar-refractivity contribution in [2.45, 2.75) is 26.4 Å². The van der Waals surface area contributed by atoms with Crippen LogP contribution in [0.15, 0.2) is 66.4 Å². The molecule has 4 heterocycles. The van der Waals surface area contributed by atoms with Gasteiger partial charge >= 0.3 is 12.0 Å². The molecule has 0 bridgehead atoms. The van der Waals surface area contributed by atoms with E-state index in [0.717, 1.165) is 23.0 Å². The minimum absolute atomic E-state index is 0.252. The second-order valence-corrected chi connectivity index (χ2v) is 12.6. The Kier molecular flexibility index (Phi) is 10.1. The van der Waals surface area contributed by atoms with Crippen LogP contribution in [0.2, 0.25) is 0 Å². The van der Waals surface area contributed by atoms with Gasteiger partial charge in [0.25, 0.3) is 0 Å². The first-order valence-electron chi connectivity index (χ1n) is 15.8. The summed E-state index contributed by atoms with van der Waals surface area (Å²) in [4.78, 5) is 38.5. The number of ether oxygens (including phenoxy) is 3. The number of methoxy groups -OCH3 is 1. The predicted molar refractivity (Wildman–Crippen MR) is 189 cm³/mol. The molecule has 1 saturated heterocycles. The summed E-state index contributed by atoms with van der Waals surface area (Å²) >= 11 is 1.67. The first-order valence-corrected chi connectivity index (χ1v) is 16.7. The van der Waals surface area contributed by atoms with Gasteiger partial charge in [-0.1, -0.05) is 24.3 Å². The number of aromatic nitrogens is 3. The van der Waals surface area contributed by atoms with Gasteiger partial charge in [0.15, 0.2) is 0 Å². The number of thiophene rings is 1. The summed E-state index contributed by atoms with van der Waals surface area (Å²) in [5.41, 5.74) is 4.34. The number of para-hydroxylation sites is 1. The Morgan fingerprint density at radius 2 is 1.90 bits per heavy atom. The smallest absolute Gasteiger partial charge is 0.342 e. The summed E-state index contributed by atoms with van der Waals surface area (Å²) < 4.78 is 19.1. The highest BCUT2D eigenvalue weighted by molar-refractivity contribution is 7.09. The lowest BCUT2D eigenvalue weighted by atomic mass is 10.0. The molecule has 0 unspecified atom stereocenters. The number of morpholine rings is 1. The van der Waals surface area contributed by atoms with Crippen molar-refractivity contribution in [3.8, 4) is 17.0 Å². The van der Waals surface area contributed by atoms with Crippen molar-refractivity contribution in [3.05, 3.63) is 76.9 Å². The maximum Gasteiger partial charge on any atom is 0.342 e. The number of nitrogens with zero attached hydrogens (tertiary/aromatic N) is 4. The van der Waals surface area contributed by atoms with Gasteiger partial charge < -0.3 is 39.6 Å². The standard InChI is InChI=1S/C35H39N7O5S/c1-22(2)47-34(43)25-20-36-21-38-32(25)31-24-9-5-6-10-28(24)41(3)33(31)39-27-18-26(40-35(44)37-12-11-23-8-7-17-48-23)29(19-30(27)45-4)42-13-15-46-16-14-42/h5-10,17-22,39H,11-16H2,1-4H3,(H2,37,40,44). The van der Waals surface area contributed by atoms with Crippen LogP contribution in [-0.4, -0.2) is 72.6 Å². The van der Waals surface area contributed by atoms with Crippen LogP contribution in [0.3, 0.4) is 0 Å². The third-order valence-electron chi connectivity index (χ3n) is 8.03. The van der Waals surface area contributed by atoms with Crippen LogP contribution in [0.4, 0.5) is 27.7 Å². The van der Waals surface area contributed by atoms with Gasteiger partial charge in [0.1, 0.15) is 23.5 Å². The van der Waals surface area contributed by atoms with Gasteiger partial charge in [-0.2, -0.15) is 0 Å². The lowest BCUT2D eigenvalue weighted by Crippen LogP contribution is -2.37. The van der Waals surface area contributed by atoms with Crippen molar-refractivity contribution < 1.29 is 23.8 Å². The molecule has 2 amide bonds. The van der Waals surface area contributed by atoms with E-state index in [-0.39, 0.29) is 17.7 Å². The number of rotatable bonds is 11. The Balaban J connectivity index is 1.41. The van der Waals surface area contributed by atoms with Crippen LogP contribution < -0.4 is 25.6 Å². The van der Waals surface area contributed by atoms with Crippen molar-refractivity contribution in [1.82, 2.24) is 19.9 Å². The van der Waals surface area contributed by atoms with E-state index < -0.39 is 5.97 Å². The number of fused-ring (bicyclic) bond motifs is 1. The molecule has 2 aromatic carbocycles. The summed E-state index contributed by atoms with van der Waals surface area (Å²) in [6.07, 6.45) is 3.33. The predicted octanol–water partition coefficient (Wildman–Crippen LogP) is 6.22. The molecule has 0 spiro atoms. The first-order chi connectivity index (χ1) is 23.3. The number of benzene rings is 2. The molecule has 1 aliphatic rings. The van der Waals surface area contributed by atoms with Crippen molar-refractivity contribution in [1.29, 1.82) is 0 Å². The quantitative estimate of drug-likeness (QED) is 0.140. The van der Waals surface area contributed by atoms with Gasteiger partial charge in [-0.3, -0.25) is 0 Å². The molecule has 6 rings (SSSR count). The molecule has 12 nitrogen and oxygen atoms in total. The zero-order valence-corrected chi connectivity index (χ0v) is 28.2. The fraction of sp³-hybridized carbons (Fsp3) is 0.314. The molecule has 5 aromatic rings. The maximum absolute atomic E-state index is 13.2. The number of anilines is 4. The molecule has 0 aliphatic carbocycles. The summed E-state index contributed by atoms with van der Waals surface area (Å²) in [6.45, 7) is 6.59. The van der Waals surface area contributed by atoms with E-state index >= 15 is 0 Å². The summed E-state index contributed by atoms with van der Waals surface area (Å²) in [6, 6.07) is 15.4. The van der Waals surface area contributed by atoms with Gasteiger partial charge in [0, 0.05) is 49.2 Å². The van der Waals surface area contributed by atoms with E-state index in [1.165, 1.54) is 17.4 Å². The normalized spacial score (nSPS) is 13.1. The Hall–Kier alpha value is -5.14. The molecule has 3 N–H and O–H groups in total. The molecule has 250 valence electrons. The lowest BCUT2D eigenvalue weighted by molar-refractivity contribution is 0.0378. The number of carbonyl (C=O) groups is 2. The summed E-state index contributed by atoms with van der Waals surface area (Å²) in [5, 5.41) is 12.5. The lowest BCUT2D eigenvalue weighted by Gasteiger charge is -2.31. The van der Waals surface area contributed by atoms with Crippen molar-refractivity contribution >= 4 is 57.1 Å². The summed E-state index contributed by atoms with van der Waals surface area (Å²) in [5.74, 6) is 0.722. The molecule has 3 aromatic heterocycles. The highest BCUT2D eigenvalue weighted by Crippen LogP contribution is 2.44. The van der Waals surface area contributed by atoms with E-state index in [4.69, 9.17) is 14.2 Å². The Bertz CT molecular complexity index is 1900. The number of esters is 1. The van der Waals surface area contributed by atoms with Crippen LogP contribution in [0.1, 0.15) is 29.1 Å². The van der Waals surface area contributed by atoms with Crippen molar-refractivity contribution in [2.24, 2.45) is 7.05 Å². The second kappa shape index (κ2) is 14.7. The van der Waals surface area contributed by atoms with Crippen molar-refractivity contribution in [2.75, 3.05) is 55.5 Å². The minimum atomic E-state index is -0.511. The monoisotopic (exact) mass is 669 g/mol. The molecular weight excluding hydrogens is 630 g/mol. The average Bonchev–Trinajstić information content (AvgIpc) is 3.71. The highest BCUT2D eigenvalue weighted by atomic mass is 32.1. The Morgan fingerprint density at radius 3 is 2.65 bits per heavy atom. The number of amides is 2. The summed E-state index contributed by atoms with van der Waals surface area (Å²) in [7, 11) is 3.55. The average molecular weight is 670 g/mol.